The lowest BCUT2D eigenvalue weighted by Crippen LogP contribution is -2.49. The Balaban J connectivity index is 1.63. The molecule has 0 fully saturated rings. The second kappa shape index (κ2) is 8.50. The van der Waals surface area contributed by atoms with Crippen LogP contribution < -0.4 is 5.32 Å². The van der Waals surface area contributed by atoms with E-state index in [0.29, 0.717) is 17.5 Å². The third-order valence-corrected chi connectivity index (χ3v) is 5.67. The Morgan fingerprint density at radius 2 is 2.03 bits per heavy atom. The number of furan rings is 1. The molecule has 0 radical (unpaired) electrons. The van der Waals surface area contributed by atoms with Crippen LogP contribution in [0.5, 0.6) is 0 Å². The van der Waals surface area contributed by atoms with E-state index in [9.17, 15) is 9.90 Å². The number of rotatable bonds is 5. The first kappa shape index (κ1) is 20.4. The van der Waals surface area contributed by atoms with Crippen LogP contribution in [0, 0.1) is 12.8 Å². The molecule has 2 aromatic carbocycles. The van der Waals surface area contributed by atoms with Gasteiger partial charge in [-0.3, -0.25) is 14.7 Å². The molecule has 1 aliphatic heterocycles. The Bertz CT molecular complexity index is 1100. The van der Waals surface area contributed by atoms with Gasteiger partial charge in [0.05, 0.1) is 25.6 Å². The highest BCUT2D eigenvalue weighted by Gasteiger charge is 2.31. The second-order valence-electron chi connectivity index (χ2n) is 7.43. The molecule has 4 rings (SSSR count). The number of hydrogen-bond donors (Lipinski definition) is 2. The number of benzene rings is 2. The number of aryl methyl sites for hydroxylation is 2. The van der Waals surface area contributed by atoms with Gasteiger partial charge in [-0.1, -0.05) is 30.7 Å². The van der Waals surface area contributed by atoms with Crippen LogP contribution in [0.15, 0.2) is 51.9 Å². The van der Waals surface area contributed by atoms with Crippen molar-refractivity contribution in [3.8, 4) is 0 Å². The van der Waals surface area contributed by atoms with Gasteiger partial charge >= 0.3 is 0 Å². The first-order valence-electron chi connectivity index (χ1n) is 10.00. The van der Waals surface area contributed by atoms with E-state index in [1.165, 1.54) is 0 Å². The summed E-state index contributed by atoms with van der Waals surface area (Å²) >= 11 is 5.98. The van der Waals surface area contributed by atoms with Gasteiger partial charge < -0.3 is 14.8 Å². The quantitative estimate of drug-likeness (QED) is 0.636. The normalized spacial score (nSPS) is 16.8. The molecule has 3 aromatic rings. The van der Waals surface area contributed by atoms with E-state index in [1.807, 2.05) is 30.3 Å². The molecule has 2 heterocycles. The number of carbonyl (C=O) groups excluding carboxylic acids is 1. The van der Waals surface area contributed by atoms with Crippen molar-refractivity contribution in [3.05, 3.63) is 64.4 Å². The number of carbonyl (C=O) groups is 1. The fourth-order valence-corrected chi connectivity index (χ4v) is 3.79. The average molecular weight is 426 g/mol. The van der Waals surface area contributed by atoms with E-state index in [4.69, 9.17) is 16.0 Å². The lowest BCUT2D eigenvalue weighted by atomic mass is 10.1. The Morgan fingerprint density at radius 3 is 2.73 bits per heavy atom. The van der Waals surface area contributed by atoms with E-state index in [0.717, 1.165) is 40.0 Å². The largest absolute Gasteiger partial charge is 0.461 e. The fourth-order valence-electron chi connectivity index (χ4n) is 3.67. The van der Waals surface area contributed by atoms with Crippen molar-refractivity contribution in [2.24, 2.45) is 10.9 Å². The number of aliphatic hydroxyl groups is 1. The van der Waals surface area contributed by atoms with Crippen LogP contribution in [0.2, 0.25) is 5.02 Å². The van der Waals surface area contributed by atoms with Crippen LogP contribution in [-0.4, -0.2) is 35.0 Å². The predicted molar refractivity (Wildman–Crippen MR) is 119 cm³/mol. The number of fused-ring (bicyclic) bond motifs is 1. The summed E-state index contributed by atoms with van der Waals surface area (Å²) < 4.78 is 5.89. The summed E-state index contributed by atoms with van der Waals surface area (Å²) in [6, 6.07) is 13.2. The minimum absolute atomic E-state index is 0.154. The fraction of sp³-hybridized carbons (Fsp3) is 0.304. The molecular formula is C23H24ClN3O3. The minimum atomic E-state index is -0.534. The van der Waals surface area contributed by atoms with Crippen LogP contribution in [0.25, 0.3) is 11.0 Å². The molecule has 1 atom stereocenters. The Morgan fingerprint density at radius 1 is 1.27 bits per heavy atom. The van der Waals surface area contributed by atoms with Gasteiger partial charge in [0.25, 0.3) is 0 Å². The maximum absolute atomic E-state index is 12.9. The number of amides is 1. The third-order valence-electron chi connectivity index (χ3n) is 5.42. The number of halogens is 1. The van der Waals surface area contributed by atoms with Crippen LogP contribution >= 0.6 is 11.6 Å². The summed E-state index contributed by atoms with van der Waals surface area (Å²) in [4.78, 5) is 19.1. The molecule has 0 bridgehead atoms. The molecule has 0 saturated heterocycles. The van der Waals surface area contributed by atoms with E-state index in [-0.39, 0.29) is 19.1 Å². The van der Waals surface area contributed by atoms with Crippen molar-refractivity contribution in [1.82, 2.24) is 4.90 Å². The van der Waals surface area contributed by atoms with E-state index < -0.39 is 5.92 Å². The standard InChI is InChI=1S/C23H24ClN3O3/c1-3-20-14(2)19-10-18(8-9-21(19)30-20)26-23-25-11-16(13-28)22(29)27(23)12-15-4-6-17(24)7-5-15/h4-10,16,28H,3,11-13H2,1-2H3,(H,25,26). The molecule has 0 spiro atoms. The van der Waals surface area contributed by atoms with Crippen LogP contribution in [0.1, 0.15) is 23.8 Å². The molecule has 1 aliphatic rings. The van der Waals surface area contributed by atoms with Crippen molar-refractivity contribution < 1.29 is 14.3 Å². The number of nitrogens with one attached hydrogen (secondary N) is 1. The van der Waals surface area contributed by atoms with Gasteiger partial charge in [0.15, 0.2) is 0 Å². The molecule has 156 valence electrons. The van der Waals surface area contributed by atoms with Gasteiger partial charge in [-0.25, -0.2) is 0 Å². The summed E-state index contributed by atoms with van der Waals surface area (Å²) in [5, 5.41) is 14.5. The van der Waals surface area contributed by atoms with Crippen molar-refractivity contribution in [2.45, 2.75) is 26.8 Å². The number of nitrogens with zero attached hydrogens (tertiary/aromatic N) is 2. The van der Waals surface area contributed by atoms with Gasteiger partial charge in [0.2, 0.25) is 11.9 Å². The van der Waals surface area contributed by atoms with E-state index in [2.05, 4.69) is 24.2 Å². The van der Waals surface area contributed by atoms with Gasteiger partial charge in [-0.05, 0) is 48.4 Å². The molecule has 1 amide bonds. The van der Waals surface area contributed by atoms with Crippen LogP contribution in [0.4, 0.5) is 5.69 Å². The zero-order valence-corrected chi connectivity index (χ0v) is 17.7. The van der Waals surface area contributed by atoms with Crippen LogP contribution in [0.3, 0.4) is 0 Å². The molecule has 0 aliphatic carbocycles. The molecule has 30 heavy (non-hydrogen) atoms. The van der Waals surface area contributed by atoms with Gasteiger partial charge in [-0.15, -0.1) is 0 Å². The monoisotopic (exact) mass is 425 g/mol. The number of anilines is 1. The van der Waals surface area contributed by atoms with Crippen LogP contribution in [-0.2, 0) is 17.8 Å². The topological polar surface area (TPSA) is 78.1 Å². The molecule has 7 heteroatoms. The molecule has 1 unspecified atom stereocenters. The maximum atomic E-state index is 12.9. The summed E-state index contributed by atoms with van der Waals surface area (Å²) in [6.07, 6.45) is 0.835. The molecular weight excluding hydrogens is 402 g/mol. The zero-order valence-electron chi connectivity index (χ0n) is 17.0. The molecule has 0 saturated carbocycles. The Labute approximate surface area is 180 Å². The summed E-state index contributed by atoms with van der Waals surface area (Å²) in [7, 11) is 0. The summed E-state index contributed by atoms with van der Waals surface area (Å²) in [5.41, 5.74) is 3.71. The molecule has 1 aromatic heterocycles. The highest BCUT2D eigenvalue weighted by molar-refractivity contribution is 6.30. The van der Waals surface area contributed by atoms with E-state index >= 15 is 0 Å². The lowest BCUT2D eigenvalue weighted by molar-refractivity contribution is -0.133. The van der Waals surface area contributed by atoms with Gasteiger partial charge in [0, 0.05) is 22.5 Å². The maximum Gasteiger partial charge on any atom is 0.236 e. The molecule has 6 nitrogen and oxygen atoms in total. The summed E-state index contributed by atoms with van der Waals surface area (Å²) in [6.45, 7) is 4.48. The highest BCUT2D eigenvalue weighted by atomic mass is 35.5. The Kier molecular flexibility index (Phi) is 5.79. The van der Waals surface area contributed by atoms with E-state index in [1.54, 1.807) is 17.0 Å². The van der Waals surface area contributed by atoms with Crippen molar-refractivity contribution in [2.75, 3.05) is 18.5 Å². The lowest BCUT2D eigenvalue weighted by Gasteiger charge is -2.31. The van der Waals surface area contributed by atoms with Gasteiger partial charge in [-0.2, -0.15) is 0 Å². The third kappa shape index (κ3) is 3.93. The smallest absolute Gasteiger partial charge is 0.236 e. The number of aliphatic hydroxyl groups excluding tert-OH is 1. The zero-order chi connectivity index (χ0) is 21.3. The SMILES string of the molecule is CCc1oc2ccc(NC3=NCC(CO)C(=O)N3Cc3ccc(Cl)cc3)cc2c1C. The predicted octanol–water partition coefficient (Wildman–Crippen LogP) is 4.38. The first-order valence-corrected chi connectivity index (χ1v) is 10.4. The number of hydrogen-bond acceptors (Lipinski definition) is 5. The van der Waals surface area contributed by atoms with Gasteiger partial charge in [0.1, 0.15) is 11.3 Å². The first-order chi connectivity index (χ1) is 14.5. The van der Waals surface area contributed by atoms with Crippen molar-refractivity contribution in [1.29, 1.82) is 0 Å². The Hall–Kier alpha value is -2.83. The second-order valence-corrected chi connectivity index (χ2v) is 7.87. The van der Waals surface area contributed by atoms with Crippen molar-refractivity contribution >= 4 is 40.1 Å². The average Bonchev–Trinajstić information content (AvgIpc) is 3.07. The highest BCUT2D eigenvalue weighted by Crippen LogP contribution is 2.29. The molecule has 2 N–H and O–H groups in total. The number of guanidine groups is 1. The summed E-state index contributed by atoms with van der Waals surface area (Å²) in [5.74, 6) is 0.755. The number of aliphatic imine (C=N–C) groups is 1. The van der Waals surface area contributed by atoms with Crippen molar-refractivity contribution in [3.63, 3.8) is 0 Å². The minimum Gasteiger partial charge on any atom is -0.461 e.